The van der Waals surface area contributed by atoms with Gasteiger partial charge in [0.25, 0.3) is 0 Å². The van der Waals surface area contributed by atoms with Crippen LogP contribution in [0, 0.1) is 0 Å². The summed E-state index contributed by atoms with van der Waals surface area (Å²) in [6.07, 6.45) is 12.9. The fourth-order valence-electron chi connectivity index (χ4n) is 3.82. The first-order valence-electron chi connectivity index (χ1n) is 14.4. The highest BCUT2D eigenvalue weighted by atomic mass is 16.6. The van der Waals surface area contributed by atoms with Crippen LogP contribution in [0.1, 0.15) is 104 Å². The van der Waals surface area contributed by atoms with Crippen molar-refractivity contribution < 1.29 is 43.5 Å². The second-order valence-electron chi connectivity index (χ2n) is 9.35. The minimum atomic E-state index is -0.918. The van der Waals surface area contributed by atoms with Gasteiger partial charge in [-0.1, -0.05) is 90.9 Å². The molecule has 0 fully saturated rings. The van der Waals surface area contributed by atoms with Gasteiger partial charge in [0.05, 0.1) is 52.9 Å². The average Bonchev–Trinajstić information content (AvgIpc) is 2.87. The molecule has 37 heavy (non-hydrogen) atoms. The molecule has 0 aromatic rings. The molecule has 0 radical (unpaired) electrons. The Balaban J connectivity index is 3.55. The van der Waals surface area contributed by atoms with E-state index in [1.165, 1.54) is 38.5 Å². The lowest BCUT2D eigenvalue weighted by Gasteiger charge is -2.14. The molecule has 9 heteroatoms. The lowest BCUT2D eigenvalue weighted by Crippen LogP contribution is -2.26. The predicted octanol–water partition coefficient (Wildman–Crippen LogP) is 5.48. The maximum Gasteiger partial charge on any atom is 0.332 e. The highest BCUT2D eigenvalue weighted by Gasteiger charge is 2.18. The quantitative estimate of drug-likeness (QED) is 0.115. The van der Waals surface area contributed by atoms with Gasteiger partial charge in [0, 0.05) is 0 Å². The number of carboxylic acid groups (broad SMARTS) is 2. The van der Waals surface area contributed by atoms with E-state index in [4.69, 9.17) is 23.7 Å². The lowest BCUT2D eigenvalue weighted by molar-refractivity contribution is -0.152. The molecule has 9 nitrogen and oxygen atoms in total. The normalized spacial score (nSPS) is 13.0. The summed E-state index contributed by atoms with van der Waals surface area (Å²) in [5, 5.41) is 18.6. The number of unbranched alkanes of at least 4 members (excludes halogenated alkanes) is 10. The molecule has 0 aromatic carbocycles. The van der Waals surface area contributed by atoms with Gasteiger partial charge in [0.1, 0.15) is 0 Å². The van der Waals surface area contributed by atoms with Crippen molar-refractivity contribution in [1.82, 2.24) is 0 Å². The molecule has 2 unspecified atom stereocenters. The summed E-state index contributed by atoms with van der Waals surface area (Å²) >= 11 is 0. The van der Waals surface area contributed by atoms with Gasteiger partial charge in [0.15, 0.2) is 12.2 Å². The number of hydrogen-bond donors (Lipinski definition) is 2. The zero-order chi connectivity index (χ0) is 27.4. The summed E-state index contributed by atoms with van der Waals surface area (Å²) in [7, 11) is 0. The van der Waals surface area contributed by atoms with Crippen LogP contribution in [0.3, 0.4) is 0 Å². The van der Waals surface area contributed by atoms with Crippen LogP contribution in [0.25, 0.3) is 0 Å². The molecule has 0 aliphatic rings. The SMILES string of the molecule is CCCCCCCCC(OCCOCCOCCOCCOC(CCCCCCCC)C(=O)O)C(=O)O. The van der Waals surface area contributed by atoms with Gasteiger partial charge in [-0.05, 0) is 12.8 Å². The van der Waals surface area contributed by atoms with Gasteiger partial charge in [-0.3, -0.25) is 0 Å². The lowest BCUT2D eigenvalue weighted by atomic mass is 10.1. The Labute approximate surface area is 224 Å². The minimum Gasteiger partial charge on any atom is -0.479 e. The van der Waals surface area contributed by atoms with E-state index in [9.17, 15) is 19.8 Å². The Bertz CT molecular complexity index is 472. The molecular weight excluding hydrogens is 480 g/mol. The molecule has 0 heterocycles. The van der Waals surface area contributed by atoms with Gasteiger partial charge in [-0.25, -0.2) is 9.59 Å². The van der Waals surface area contributed by atoms with E-state index in [2.05, 4.69) is 13.8 Å². The third-order valence-corrected chi connectivity index (χ3v) is 6.03. The standard InChI is InChI=1S/C28H54O9/c1-3-5-7-9-11-13-15-25(27(29)30)36-23-21-34-19-17-33-18-20-35-22-24-37-26(28(31)32)16-14-12-10-8-6-4-2/h25-26H,3-24H2,1-2H3,(H,29,30)(H,31,32). The Kier molecular flexibility index (Phi) is 26.8. The second kappa shape index (κ2) is 27.8. The number of hydrogen-bond acceptors (Lipinski definition) is 7. The average molecular weight is 535 g/mol. The summed E-state index contributed by atoms with van der Waals surface area (Å²) in [5.41, 5.74) is 0. The number of carbonyl (C=O) groups is 2. The third-order valence-electron chi connectivity index (χ3n) is 6.03. The number of carboxylic acids is 2. The molecule has 0 saturated carbocycles. The van der Waals surface area contributed by atoms with E-state index in [1.54, 1.807) is 0 Å². The second-order valence-corrected chi connectivity index (χ2v) is 9.35. The van der Waals surface area contributed by atoms with Gasteiger partial charge < -0.3 is 33.9 Å². The van der Waals surface area contributed by atoms with Crippen LogP contribution >= 0.6 is 0 Å². The fraction of sp³-hybridized carbons (Fsp3) is 0.929. The number of aliphatic carboxylic acids is 2. The molecule has 220 valence electrons. The van der Waals surface area contributed by atoms with Crippen LogP contribution < -0.4 is 0 Å². The zero-order valence-electron chi connectivity index (χ0n) is 23.5. The molecule has 0 rings (SSSR count). The summed E-state index contributed by atoms with van der Waals surface area (Å²) < 4.78 is 27.2. The van der Waals surface area contributed by atoms with Crippen LogP contribution in [-0.2, 0) is 33.3 Å². The molecule has 0 amide bonds. The first-order chi connectivity index (χ1) is 18.0. The van der Waals surface area contributed by atoms with Gasteiger partial charge >= 0.3 is 11.9 Å². The van der Waals surface area contributed by atoms with E-state index in [0.29, 0.717) is 52.5 Å². The van der Waals surface area contributed by atoms with Crippen molar-refractivity contribution in [1.29, 1.82) is 0 Å². The number of rotatable bonds is 30. The monoisotopic (exact) mass is 534 g/mol. The maximum absolute atomic E-state index is 11.3. The molecule has 2 atom stereocenters. The van der Waals surface area contributed by atoms with Crippen molar-refractivity contribution in [3.63, 3.8) is 0 Å². The van der Waals surface area contributed by atoms with Crippen molar-refractivity contribution in [2.75, 3.05) is 52.9 Å². The summed E-state index contributed by atoms with van der Waals surface area (Å²) in [4.78, 5) is 22.6. The van der Waals surface area contributed by atoms with Crippen molar-refractivity contribution >= 4 is 11.9 Å². The van der Waals surface area contributed by atoms with Crippen molar-refractivity contribution in [3.05, 3.63) is 0 Å². The van der Waals surface area contributed by atoms with Crippen molar-refractivity contribution in [3.8, 4) is 0 Å². The molecule has 0 bridgehead atoms. The molecule has 2 N–H and O–H groups in total. The smallest absolute Gasteiger partial charge is 0.332 e. The molecule has 0 aliphatic carbocycles. The van der Waals surface area contributed by atoms with Crippen LogP contribution in [-0.4, -0.2) is 87.2 Å². The molecule has 0 spiro atoms. The van der Waals surface area contributed by atoms with Gasteiger partial charge in [-0.15, -0.1) is 0 Å². The van der Waals surface area contributed by atoms with E-state index in [-0.39, 0.29) is 13.2 Å². The van der Waals surface area contributed by atoms with Crippen LogP contribution in [0.2, 0.25) is 0 Å². The van der Waals surface area contributed by atoms with Crippen molar-refractivity contribution in [2.24, 2.45) is 0 Å². The molecular formula is C28H54O9. The van der Waals surface area contributed by atoms with E-state index >= 15 is 0 Å². The Hall–Kier alpha value is -1.26. The first kappa shape index (κ1) is 35.7. The predicted molar refractivity (Wildman–Crippen MR) is 143 cm³/mol. The topological polar surface area (TPSA) is 121 Å². The Morgan fingerprint density at radius 2 is 0.784 bits per heavy atom. The third kappa shape index (κ3) is 24.8. The first-order valence-corrected chi connectivity index (χ1v) is 14.4. The highest BCUT2D eigenvalue weighted by Crippen LogP contribution is 2.12. The Morgan fingerprint density at radius 3 is 1.11 bits per heavy atom. The van der Waals surface area contributed by atoms with Crippen molar-refractivity contribution in [2.45, 2.75) is 116 Å². The largest absolute Gasteiger partial charge is 0.479 e. The Morgan fingerprint density at radius 1 is 0.486 bits per heavy atom. The molecule has 0 saturated heterocycles. The summed E-state index contributed by atoms with van der Waals surface area (Å²) in [6, 6.07) is 0. The van der Waals surface area contributed by atoms with Gasteiger partial charge in [0.2, 0.25) is 0 Å². The molecule has 0 aliphatic heterocycles. The maximum atomic E-state index is 11.3. The van der Waals surface area contributed by atoms with Crippen LogP contribution in [0.4, 0.5) is 0 Å². The number of ether oxygens (including phenoxy) is 5. The van der Waals surface area contributed by atoms with Crippen LogP contribution in [0.5, 0.6) is 0 Å². The van der Waals surface area contributed by atoms with E-state index < -0.39 is 24.1 Å². The summed E-state index contributed by atoms with van der Waals surface area (Å²) in [5.74, 6) is -1.84. The van der Waals surface area contributed by atoms with E-state index in [0.717, 1.165) is 38.5 Å². The van der Waals surface area contributed by atoms with E-state index in [1.807, 2.05) is 0 Å². The molecule has 0 aromatic heterocycles. The highest BCUT2D eigenvalue weighted by molar-refractivity contribution is 5.72. The van der Waals surface area contributed by atoms with Gasteiger partial charge in [-0.2, -0.15) is 0 Å². The summed E-state index contributed by atoms with van der Waals surface area (Å²) in [6.45, 7) is 7.06. The zero-order valence-corrected chi connectivity index (χ0v) is 23.5. The minimum absolute atomic E-state index is 0.242. The fourth-order valence-corrected chi connectivity index (χ4v) is 3.82. The van der Waals surface area contributed by atoms with Crippen LogP contribution in [0.15, 0.2) is 0 Å².